The lowest BCUT2D eigenvalue weighted by Gasteiger charge is -2.18. The summed E-state index contributed by atoms with van der Waals surface area (Å²) in [5.41, 5.74) is -1.79. The molecule has 0 fully saturated rings. The number of esters is 1. The first kappa shape index (κ1) is 26.2. The molecule has 3 N–H and O–H groups in total. The monoisotopic (exact) mass is 488 g/mol. The Balaban J connectivity index is 1.99. The normalized spacial score (nSPS) is 12.5. The van der Waals surface area contributed by atoms with Crippen molar-refractivity contribution in [2.45, 2.75) is 25.2 Å². The number of benzene rings is 2. The molecule has 1 atom stereocenters. The number of ether oxygens (including phenoxy) is 2. The maximum atomic E-state index is 12.7. The zero-order chi connectivity index (χ0) is 24.6. The lowest BCUT2D eigenvalue weighted by atomic mass is 10.1. The zero-order valence-electron chi connectivity index (χ0n) is 17.4. The summed E-state index contributed by atoms with van der Waals surface area (Å²) in [4.78, 5) is 56.9. The smallest absolute Gasteiger partial charge is 0.416 e. The number of methoxy groups -OCH3 is 1. The Kier molecular flexibility index (Phi) is 8.92. The fourth-order valence-corrected chi connectivity index (χ4v) is 4.10. The number of carbonyl (C=O) groups excluding carboxylic acids is 3. The van der Waals surface area contributed by atoms with Gasteiger partial charge in [0, 0.05) is 6.42 Å². The number of halogens is 3. The molecule has 0 aliphatic rings. The zero-order valence-corrected chi connectivity index (χ0v) is 18.3. The number of carbonyl (C=O) groups is 3. The fraction of sp³-hybridized carbons (Fsp3) is 0.286. The van der Waals surface area contributed by atoms with Crippen LogP contribution < -0.4 is 5.32 Å². The largest absolute Gasteiger partial charge is 0.467 e. The van der Waals surface area contributed by atoms with E-state index in [4.69, 9.17) is 4.74 Å². The van der Waals surface area contributed by atoms with E-state index in [9.17, 15) is 37.3 Å². The van der Waals surface area contributed by atoms with Crippen molar-refractivity contribution < 1.29 is 46.8 Å². The van der Waals surface area contributed by atoms with E-state index < -0.39 is 49.2 Å². The van der Waals surface area contributed by atoms with Crippen LogP contribution in [-0.2, 0) is 27.1 Å². The molecule has 0 unspecified atom stereocenters. The average molecular weight is 488 g/mol. The molecular formula is C21H22F3NO7P+. The molecule has 2 rings (SSSR count). The average Bonchev–Trinajstić information content (AvgIpc) is 2.79. The van der Waals surface area contributed by atoms with E-state index in [-0.39, 0.29) is 18.6 Å². The van der Waals surface area contributed by atoms with Gasteiger partial charge in [0.05, 0.1) is 18.2 Å². The van der Waals surface area contributed by atoms with Gasteiger partial charge in [-0.15, -0.1) is 0 Å². The predicted molar refractivity (Wildman–Crippen MR) is 112 cm³/mol. The molecule has 12 heteroatoms. The van der Waals surface area contributed by atoms with Crippen LogP contribution in [0.2, 0.25) is 0 Å². The fourth-order valence-electron chi connectivity index (χ4n) is 2.72. The molecule has 0 bridgehead atoms. The van der Waals surface area contributed by atoms with Gasteiger partial charge in [-0.3, -0.25) is 0 Å². The van der Waals surface area contributed by atoms with Crippen LogP contribution in [0.25, 0.3) is 0 Å². The Morgan fingerprint density at radius 3 is 2.18 bits per heavy atom. The summed E-state index contributed by atoms with van der Waals surface area (Å²) in [6, 6.07) is 10.3. The topological polar surface area (TPSA) is 122 Å². The van der Waals surface area contributed by atoms with Crippen LogP contribution in [0.1, 0.15) is 27.9 Å². The number of hydrogen-bond acceptors (Lipinski definition) is 7. The molecule has 0 aromatic heterocycles. The number of hydrogen-bond donors (Lipinski definition) is 3. The first-order valence-electron chi connectivity index (χ1n) is 9.55. The quantitative estimate of drug-likeness (QED) is 0.365. The molecule has 33 heavy (non-hydrogen) atoms. The van der Waals surface area contributed by atoms with Crippen LogP contribution in [0.15, 0.2) is 54.6 Å². The van der Waals surface area contributed by atoms with Gasteiger partial charge >= 0.3 is 31.5 Å². The highest BCUT2D eigenvalue weighted by Crippen LogP contribution is 2.53. The number of rotatable bonds is 9. The molecule has 0 heterocycles. The summed E-state index contributed by atoms with van der Waals surface area (Å²) >= 11 is 0. The van der Waals surface area contributed by atoms with Crippen LogP contribution >= 0.6 is 7.72 Å². The van der Waals surface area contributed by atoms with Crippen molar-refractivity contribution in [1.82, 2.24) is 5.32 Å². The second kappa shape index (κ2) is 11.2. The molecule has 1 amide bonds. The van der Waals surface area contributed by atoms with E-state index in [1.807, 2.05) is 0 Å². The molecule has 8 nitrogen and oxygen atoms in total. The lowest BCUT2D eigenvalue weighted by Crippen LogP contribution is -2.42. The first-order valence-corrected chi connectivity index (χ1v) is 11.4. The molecule has 0 saturated heterocycles. The molecule has 2 aromatic carbocycles. The lowest BCUT2D eigenvalue weighted by molar-refractivity contribution is -0.143. The van der Waals surface area contributed by atoms with Crippen molar-refractivity contribution in [2.24, 2.45) is 0 Å². The van der Waals surface area contributed by atoms with Gasteiger partial charge in [-0.1, -0.05) is 30.3 Å². The number of alkyl halides is 3. The minimum absolute atomic E-state index is 0.0795. The van der Waals surface area contributed by atoms with Crippen LogP contribution in [0.5, 0.6) is 0 Å². The third kappa shape index (κ3) is 7.81. The van der Waals surface area contributed by atoms with Crippen molar-refractivity contribution in [2.75, 3.05) is 13.3 Å². The summed E-state index contributed by atoms with van der Waals surface area (Å²) in [6.45, 7) is -0.0795. The Bertz CT molecular complexity index is 966. The standard InChI is InChI=1S/C21H21F3NO7P/c1-31-18(26)17(25-20(28)32-13-14-5-3-2-4-6-14)11-12-33(29,30)19(27)15-7-9-16(10-8-15)21(22,23)24/h2-10,17,29-30H,11-13H2,1H3/p+1/t17-/m0/s1. The van der Waals surface area contributed by atoms with E-state index in [2.05, 4.69) is 10.1 Å². The second-order valence-corrected chi connectivity index (χ2v) is 9.22. The van der Waals surface area contributed by atoms with Crippen molar-refractivity contribution in [3.05, 3.63) is 71.3 Å². The Morgan fingerprint density at radius 2 is 1.64 bits per heavy atom. The van der Waals surface area contributed by atoms with Crippen molar-refractivity contribution in [1.29, 1.82) is 0 Å². The summed E-state index contributed by atoms with van der Waals surface area (Å²) < 4.78 is 47.6. The van der Waals surface area contributed by atoms with E-state index in [0.29, 0.717) is 17.7 Å². The van der Waals surface area contributed by atoms with Crippen LogP contribution in [0.3, 0.4) is 0 Å². The highest BCUT2D eigenvalue weighted by atomic mass is 31.2. The highest BCUT2D eigenvalue weighted by molar-refractivity contribution is 7.81. The molecule has 0 saturated carbocycles. The van der Waals surface area contributed by atoms with Gasteiger partial charge in [0.2, 0.25) is 0 Å². The third-order valence-corrected chi connectivity index (χ3v) is 6.30. The van der Waals surface area contributed by atoms with Crippen LogP contribution in [-0.4, -0.2) is 46.7 Å². The second-order valence-electron chi connectivity index (χ2n) is 6.90. The van der Waals surface area contributed by atoms with E-state index in [1.54, 1.807) is 30.3 Å². The van der Waals surface area contributed by atoms with Crippen LogP contribution in [0, 0.1) is 0 Å². The van der Waals surface area contributed by atoms with E-state index in [0.717, 1.165) is 19.2 Å². The maximum absolute atomic E-state index is 12.7. The third-order valence-electron chi connectivity index (χ3n) is 4.50. The van der Waals surface area contributed by atoms with Gasteiger partial charge in [-0.2, -0.15) is 13.2 Å². The van der Waals surface area contributed by atoms with Gasteiger partial charge in [-0.05, 0) is 29.8 Å². The minimum atomic E-state index is -4.61. The van der Waals surface area contributed by atoms with Crippen LogP contribution in [0.4, 0.5) is 18.0 Å². The SMILES string of the molecule is COC(=O)[C@H](CC[P+](O)(O)C(=O)c1ccc(C(F)(F)F)cc1)NC(=O)OCc1ccccc1. The van der Waals surface area contributed by atoms with E-state index in [1.165, 1.54) is 0 Å². The summed E-state index contributed by atoms with van der Waals surface area (Å²) in [5, 5.41) is 2.24. The molecule has 0 aliphatic heterocycles. The molecule has 0 spiro atoms. The van der Waals surface area contributed by atoms with Crippen molar-refractivity contribution >= 4 is 25.3 Å². The van der Waals surface area contributed by atoms with Gasteiger partial charge in [0.25, 0.3) is 0 Å². The molecule has 0 radical (unpaired) electrons. The summed E-state index contributed by atoms with van der Waals surface area (Å²) in [6.07, 6.45) is -6.59. The maximum Gasteiger partial charge on any atom is 0.416 e. The number of nitrogens with one attached hydrogen (secondary N) is 1. The number of amides is 1. The minimum Gasteiger partial charge on any atom is -0.467 e. The Morgan fingerprint density at radius 1 is 1.03 bits per heavy atom. The van der Waals surface area contributed by atoms with Gasteiger partial charge < -0.3 is 14.8 Å². The molecule has 178 valence electrons. The first-order chi connectivity index (χ1) is 15.4. The van der Waals surface area contributed by atoms with Gasteiger partial charge in [0.1, 0.15) is 18.8 Å². The highest BCUT2D eigenvalue weighted by Gasteiger charge is 2.46. The van der Waals surface area contributed by atoms with Crippen molar-refractivity contribution in [3.63, 3.8) is 0 Å². The predicted octanol–water partition coefficient (Wildman–Crippen LogP) is 3.54. The summed E-state index contributed by atoms with van der Waals surface area (Å²) in [5.74, 6) is -0.909. The number of alkyl carbamates (subject to hydrolysis) is 1. The molecular weight excluding hydrogens is 466 g/mol. The van der Waals surface area contributed by atoms with Crippen molar-refractivity contribution in [3.8, 4) is 0 Å². The summed E-state index contributed by atoms with van der Waals surface area (Å²) in [7, 11) is -3.29. The van der Waals surface area contributed by atoms with Gasteiger partial charge in [0.15, 0.2) is 0 Å². The van der Waals surface area contributed by atoms with E-state index >= 15 is 0 Å². The molecule has 2 aromatic rings. The molecule has 0 aliphatic carbocycles. The van der Waals surface area contributed by atoms with Gasteiger partial charge in [-0.25, -0.2) is 24.2 Å². The Hall–Kier alpha value is -3.01. The Labute approximate surface area is 187 Å².